The summed E-state index contributed by atoms with van der Waals surface area (Å²) >= 11 is 1.71. The molecule has 4 rings (SSSR count). The Bertz CT molecular complexity index is 789. The van der Waals surface area contributed by atoms with Crippen molar-refractivity contribution in [3.05, 3.63) is 71.8 Å². The van der Waals surface area contributed by atoms with Crippen LogP contribution in [0.3, 0.4) is 0 Å². The van der Waals surface area contributed by atoms with Crippen molar-refractivity contribution in [2.45, 2.75) is 49.0 Å². The molecule has 2 aromatic carbocycles. The molecule has 2 aliphatic rings. The van der Waals surface area contributed by atoms with Gasteiger partial charge < -0.3 is 4.74 Å². The van der Waals surface area contributed by atoms with Gasteiger partial charge in [0, 0.05) is 17.1 Å². The van der Waals surface area contributed by atoms with E-state index in [9.17, 15) is 4.79 Å². The van der Waals surface area contributed by atoms with E-state index in [1.807, 2.05) is 24.3 Å². The van der Waals surface area contributed by atoms with Crippen molar-refractivity contribution in [2.24, 2.45) is 0 Å². The van der Waals surface area contributed by atoms with Gasteiger partial charge in [0.05, 0.1) is 5.57 Å². The Morgan fingerprint density at radius 3 is 2.23 bits per heavy atom. The van der Waals surface area contributed by atoms with Crippen molar-refractivity contribution in [1.82, 2.24) is 0 Å². The topological polar surface area (TPSA) is 26.3 Å². The van der Waals surface area contributed by atoms with Gasteiger partial charge in [-0.25, -0.2) is 4.79 Å². The van der Waals surface area contributed by atoms with Crippen molar-refractivity contribution in [3.63, 3.8) is 0 Å². The number of carbonyl (C=O) groups is 1. The summed E-state index contributed by atoms with van der Waals surface area (Å²) in [6.45, 7) is 0. The third-order valence-corrected chi connectivity index (χ3v) is 6.47. The number of hydrogen-bond acceptors (Lipinski definition) is 3. The van der Waals surface area contributed by atoms with Crippen molar-refractivity contribution in [1.29, 1.82) is 0 Å². The Balaban J connectivity index is 1.66. The quantitative estimate of drug-likeness (QED) is 0.500. The van der Waals surface area contributed by atoms with Crippen LogP contribution in [0.4, 0.5) is 0 Å². The Morgan fingerprint density at radius 2 is 1.54 bits per heavy atom. The minimum absolute atomic E-state index is 0.111. The lowest BCUT2D eigenvalue weighted by Gasteiger charge is -2.41. The molecule has 1 fully saturated rings. The summed E-state index contributed by atoms with van der Waals surface area (Å²) in [4.78, 5) is 14.2. The molecule has 0 atom stereocenters. The number of esters is 1. The van der Waals surface area contributed by atoms with Crippen LogP contribution in [0.15, 0.2) is 71.1 Å². The monoisotopic (exact) mass is 364 g/mol. The molecule has 3 heteroatoms. The van der Waals surface area contributed by atoms with Crippen LogP contribution in [0.5, 0.6) is 0 Å². The zero-order valence-electron chi connectivity index (χ0n) is 14.9. The standard InChI is InChI=1S/C23H24O2S/c24-22-21(17-26-19-12-6-2-7-13-19)20(18-10-4-1-5-11-18)16-23(25-22)14-8-3-9-15-23/h1-2,4-7,10-13H,3,8-9,14-17H2. The largest absolute Gasteiger partial charge is 0.455 e. The normalized spacial score (nSPS) is 19.5. The number of benzene rings is 2. The molecular weight excluding hydrogens is 340 g/mol. The predicted molar refractivity (Wildman–Crippen MR) is 107 cm³/mol. The van der Waals surface area contributed by atoms with Crippen molar-refractivity contribution >= 4 is 23.3 Å². The molecule has 1 saturated carbocycles. The van der Waals surface area contributed by atoms with E-state index in [2.05, 4.69) is 36.4 Å². The zero-order valence-corrected chi connectivity index (χ0v) is 15.8. The van der Waals surface area contributed by atoms with Crippen molar-refractivity contribution < 1.29 is 9.53 Å². The first kappa shape index (κ1) is 17.4. The smallest absolute Gasteiger partial charge is 0.335 e. The molecule has 0 radical (unpaired) electrons. The lowest BCUT2D eigenvalue weighted by Crippen LogP contribution is -2.41. The Kier molecular flexibility index (Phi) is 5.16. The molecule has 26 heavy (non-hydrogen) atoms. The fourth-order valence-corrected chi connectivity index (χ4v) is 5.01. The molecule has 134 valence electrons. The van der Waals surface area contributed by atoms with Gasteiger partial charge >= 0.3 is 5.97 Å². The third-order valence-electron chi connectivity index (χ3n) is 5.43. The second-order valence-electron chi connectivity index (χ2n) is 7.23. The molecular formula is C23H24O2S. The minimum Gasteiger partial charge on any atom is -0.455 e. The second-order valence-corrected chi connectivity index (χ2v) is 8.28. The van der Waals surface area contributed by atoms with E-state index in [1.54, 1.807) is 11.8 Å². The molecule has 0 unspecified atom stereocenters. The van der Waals surface area contributed by atoms with Crippen LogP contribution in [0, 0.1) is 0 Å². The maximum atomic E-state index is 13.0. The third kappa shape index (κ3) is 3.73. The van der Waals surface area contributed by atoms with Gasteiger partial charge in [-0.1, -0.05) is 55.0 Å². The fraction of sp³-hybridized carbons (Fsp3) is 0.348. The zero-order chi connectivity index (χ0) is 17.8. The fourth-order valence-electron chi connectivity index (χ4n) is 4.06. The molecule has 0 amide bonds. The van der Waals surface area contributed by atoms with Crippen LogP contribution in [-0.4, -0.2) is 17.3 Å². The van der Waals surface area contributed by atoms with Crippen LogP contribution < -0.4 is 0 Å². The second kappa shape index (κ2) is 7.71. The van der Waals surface area contributed by atoms with Crippen LogP contribution in [0.2, 0.25) is 0 Å². The number of ether oxygens (including phenoxy) is 1. The summed E-state index contributed by atoms with van der Waals surface area (Å²) in [6, 6.07) is 20.6. The number of hydrogen-bond donors (Lipinski definition) is 0. The maximum Gasteiger partial charge on any atom is 0.335 e. The molecule has 2 nitrogen and oxygen atoms in total. The van der Waals surface area contributed by atoms with E-state index in [0.717, 1.165) is 43.2 Å². The van der Waals surface area contributed by atoms with Gasteiger partial charge in [0.2, 0.25) is 0 Å². The SMILES string of the molecule is O=C1OC2(CCCCC2)CC(c2ccccc2)=C1CSc1ccccc1. The van der Waals surface area contributed by atoms with E-state index < -0.39 is 0 Å². The molecule has 0 bridgehead atoms. The first-order chi connectivity index (χ1) is 12.8. The van der Waals surface area contributed by atoms with Gasteiger partial charge in [-0.2, -0.15) is 0 Å². The van der Waals surface area contributed by atoms with Crippen LogP contribution in [0.1, 0.15) is 44.1 Å². The van der Waals surface area contributed by atoms with E-state index in [1.165, 1.54) is 16.9 Å². The highest BCUT2D eigenvalue weighted by Gasteiger charge is 2.42. The molecule has 1 aliphatic heterocycles. The molecule has 1 heterocycles. The van der Waals surface area contributed by atoms with E-state index >= 15 is 0 Å². The highest BCUT2D eigenvalue weighted by molar-refractivity contribution is 7.99. The van der Waals surface area contributed by atoms with Crippen LogP contribution in [-0.2, 0) is 9.53 Å². The van der Waals surface area contributed by atoms with Gasteiger partial charge in [0.1, 0.15) is 5.60 Å². The van der Waals surface area contributed by atoms with E-state index in [-0.39, 0.29) is 11.6 Å². The average molecular weight is 365 g/mol. The van der Waals surface area contributed by atoms with Crippen LogP contribution in [0.25, 0.3) is 5.57 Å². The molecule has 1 spiro atoms. The number of thioether (sulfide) groups is 1. The molecule has 0 saturated heterocycles. The summed E-state index contributed by atoms with van der Waals surface area (Å²) in [6.07, 6.45) is 6.41. The number of carbonyl (C=O) groups excluding carboxylic acids is 1. The van der Waals surface area contributed by atoms with Gasteiger partial charge in [0.15, 0.2) is 0 Å². The highest BCUT2D eigenvalue weighted by Crippen LogP contribution is 2.44. The van der Waals surface area contributed by atoms with E-state index in [4.69, 9.17) is 4.74 Å². The Hall–Kier alpha value is -2.00. The predicted octanol–water partition coefficient (Wildman–Crippen LogP) is 5.88. The maximum absolute atomic E-state index is 13.0. The molecule has 2 aromatic rings. The minimum atomic E-state index is -0.276. The molecule has 0 aromatic heterocycles. The lowest BCUT2D eigenvalue weighted by atomic mass is 9.76. The van der Waals surface area contributed by atoms with Crippen LogP contribution >= 0.6 is 11.8 Å². The summed E-state index contributed by atoms with van der Waals surface area (Å²) in [5.41, 5.74) is 2.91. The van der Waals surface area contributed by atoms with Gasteiger partial charge in [-0.05, 0) is 49.0 Å². The summed E-state index contributed by atoms with van der Waals surface area (Å²) in [5.74, 6) is 0.545. The molecule has 0 N–H and O–H groups in total. The molecule has 1 aliphatic carbocycles. The highest BCUT2D eigenvalue weighted by atomic mass is 32.2. The lowest BCUT2D eigenvalue weighted by molar-refractivity contribution is -0.159. The van der Waals surface area contributed by atoms with Gasteiger partial charge in [0.25, 0.3) is 0 Å². The Morgan fingerprint density at radius 1 is 0.885 bits per heavy atom. The summed E-state index contributed by atoms with van der Waals surface area (Å²) in [7, 11) is 0. The van der Waals surface area contributed by atoms with Gasteiger partial charge in [-0.3, -0.25) is 0 Å². The first-order valence-electron chi connectivity index (χ1n) is 9.44. The average Bonchev–Trinajstić information content (AvgIpc) is 2.69. The summed E-state index contributed by atoms with van der Waals surface area (Å²) < 4.78 is 6.06. The van der Waals surface area contributed by atoms with E-state index in [0.29, 0.717) is 5.75 Å². The first-order valence-corrected chi connectivity index (χ1v) is 10.4. The number of rotatable bonds is 4. The van der Waals surface area contributed by atoms with Gasteiger partial charge in [-0.15, -0.1) is 11.8 Å². The van der Waals surface area contributed by atoms with Crippen molar-refractivity contribution in [2.75, 3.05) is 5.75 Å². The summed E-state index contributed by atoms with van der Waals surface area (Å²) in [5, 5.41) is 0. The van der Waals surface area contributed by atoms with Crippen molar-refractivity contribution in [3.8, 4) is 0 Å². The Labute approximate surface area is 159 Å².